The molecule has 0 spiro atoms. The minimum atomic E-state index is -0.134. The van der Waals surface area contributed by atoms with E-state index in [4.69, 9.17) is 23.2 Å². The lowest BCUT2D eigenvalue weighted by molar-refractivity contribution is -0.137. The Kier molecular flexibility index (Phi) is 4.85. The zero-order valence-electron chi connectivity index (χ0n) is 11.9. The van der Waals surface area contributed by atoms with Crippen molar-refractivity contribution in [2.75, 3.05) is 18.8 Å². The first-order valence-corrected chi connectivity index (χ1v) is 9.00. The van der Waals surface area contributed by atoms with Gasteiger partial charge in [-0.25, -0.2) is 0 Å². The molecular formula is C15H16Cl2N2O2S. The molecule has 4 nitrogen and oxygen atoms in total. The number of piperidine rings is 1. The molecule has 22 heavy (non-hydrogen) atoms. The van der Waals surface area contributed by atoms with E-state index in [0.29, 0.717) is 36.0 Å². The van der Waals surface area contributed by atoms with Crippen LogP contribution in [0.15, 0.2) is 18.2 Å². The van der Waals surface area contributed by atoms with Crippen molar-refractivity contribution in [1.29, 1.82) is 0 Å². The number of rotatable bonds is 2. The maximum atomic E-state index is 12.8. The zero-order chi connectivity index (χ0) is 15.7. The molecule has 0 saturated carbocycles. The molecule has 2 atom stereocenters. The van der Waals surface area contributed by atoms with E-state index < -0.39 is 0 Å². The molecular weight excluding hydrogens is 343 g/mol. The molecule has 1 aromatic carbocycles. The largest absolute Gasteiger partial charge is 0.355 e. The Labute approximate surface area is 143 Å². The molecule has 2 heterocycles. The molecule has 2 unspecified atom stereocenters. The van der Waals surface area contributed by atoms with Crippen molar-refractivity contribution in [2.45, 2.75) is 18.2 Å². The summed E-state index contributed by atoms with van der Waals surface area (Å²) in [5.74, 6) is 0.872. The summed E-state index contributed by atoms with van der Waals surface area (Å²) in [6, 6.07) is 5.39. The number of hydrogen-bond donors (Lipinski definition) is 1. The summed E-state index contributed by atoms with van der Waals surface area (Å²) in [5, 5.41) is 3.87. The van der Waals surface area contributed by atoms with Crippen molar-refractivity contribution in [1.82, 2.24) is 10.2 Å². The van der Waals surface area contributed by atoms with Gasteiger partial charge in [-0.2, -0.15) is 0 Å². The number of carbonyl (C=O) groups excluding carboxylic acids is 2. The highest BCUT2D eigenvalue weighted by molar-refractivity contribution is 7.99. The Balaban J connectivity index is 1.78. The first kappa shape index (κ1) is 16.0. The van der Waals surface area contributed by atoms with Gasteiger partial charge in [-0.15, -0.1) is 11.8 Å². The molecule has 118 valence electrons. The van der Waals surface area contributed by atoms with E-state index in [0.717, 1.165) is 11.3 Å². The molecule has 1 N–H and O–H groups in total. The third-order valence-electron chi connectivity index (χ3n) is 4.02. The number of nitrogens with zero attached hydrogens (tertiary/aromatic N) is 1. The topological polar surface area (TPSA) is 49.4 Å². The lowest BCUT2D eigenvalue weighted by Crippen LogP contribution is -2.44. The summed E-state index contributed by atoms with van der Waals surface area (Å²) in [5.41, 5.74) is 0.918. The van der Waals surface area contributed by atoms with Gasteiger partial charge in [-0.3, -0.25) is 9.59 Å². The molecule has 1 aromatic rings. The Hall–Kier alpha value is -0.910. The van der Waals surface area contributed by atoms with Crippen LogP contribution >= 0.6 is 35.0 Å². The maximum absolute atomic E-state index is 12.8. The Morgan fingerprint density at radius 2 is 2.18 bits per heavy atom. The standard InChI is InChI=1S/C15H16Cl2N2O2S/c16-10-2-3-11(12(17)7-10)15-19(5-6-22-15)14(21)9-1-4-13(20)18-8-9/h2-3,7,9,15H,1,4-6,8H2,(H,18,20). The van der Waals surface area contributed by atoms with Gasteiger partial charge < -0.3 is 10.2 Å². The smallest absolute Gasteiger partial charge is 0.228 e. The van der Waals surface area contributed by atoms with Crippen LogP contribution in [0.5, 0.6) is 0 Å². The normalized spacial score (nSPS) is 25.2. The molecule has 0 bridgehead atoms. The number of carbonyl (C=O) groups is 2. The molecule has 3 rings (SSSR count). The van der Waals surface area contributed by atoms with E-state index in [1.54, 1.807) is 23.9 Å². The fourth-order valence-corrected chi connectivity index (χ4v) is 4.71. The van der Waals surface area contributed by atoms with Crippen LogP contribution in [-0.4, -0.2) is 35.6 Å². The predicted molar refractivity (Wildman–Crippen MR) is 89.1 cm³/mol. The van der Waals surface area contributed by atoms with Crippen LogP contribution in [0.4, 0.5) is 0 Å². The molecule has 2 amide bonds. The lowest BCUT2D eigenvalue weighted by atomic mass is 9.97. The van der Waals surface area contributed by atoms with Crippen LogP contribution in [-0.2, 0) is 9.59 Å². The molecule has 2 fully saturated rings. The van der Waals surface area contributed by atoms with E-state index >= 15 is 0 Å². The second-order valence-electron chi connectivity index (χ2n) is 5.46. The summed E-state index contributed by atoms with van der Waals surface area (Å²) in [6.07, 6.45) is 1.04. The number of benzene rings is 1. The van der Waals surface area contributed by atoms with Gasteiger partial charge in [-0.05, 0) is 18.6 Å². The third-order valence-corrected chi connectivity index (χ3v) is 5.82. The fourth-order valence-electron chi connectivity index (χ4n) is 2.83. The SMILES string of the molecule is O=C1CCC(C(=O)N2CCSC2c2ccc(Cl)cc2Cl)CN1. The monoisotopic (exact) mass is 358 g/mol. The van der Waals surface area contributed by atoms with Crippen molar-refractivity contribution in [3.63, 3.8) is 0 Å². The maximum Gasteiger partial charge on any atom is 0.228 e. The van der Waals surface area contributed by atoms with Gasteiger partial charge in [0.2, 0.25) is 11.8 Å². The highest BCUT2D eigenvalue weighted by Gasteiger charge is 2.36. The molecule has 0 radical (unpaired) electrons. The number of nitrogens with one attached hydrogen (secondary N) is 1. The zero-order valence-corrected chi connectivity index (χ0v) is 14.2. The minimum Gasteiger partial charge on any atom is -0.355 e. The first-order valence-electron chi connectivity index (χ1n) is 7.20. The van der Waals surface area contributed by atoms with Crippen molar-refractivity contribution in [3.8, 4) is 0 Å². The van der Waals surface area contributed by atoms with Crippen molar-refractivity contribution >= 4 is 46.8 Å². The van der Waals surface area contributed by atoms with Gasteiger partial charge in [0.15, 0.2) is 0 Å². The summed E-state index contributed by atoms with van der Waals surface area (Å²) >= 11 is 13.9. The van der Waals surface area contributed by atoms with Crippen LogP contribution in [0.1, 0.15) is 23.8 Å². The van der Waals surface area contributed by atoms with E-state index in [-0.39, 0.29) is 23.1 Å². The second kappa shape index (κ2) is 6.69. The van der Waals surface area contributed by atoms with E-state index in [1.807, 2.05) is 11.0 Å². The van der Waals surface area contributed by atoms with E-state index in [9.17, 15) is 9.59 Å². The number of thioether (sulfide) groups is 1. The van der Waals surface area contributed by atoms with Crippen molar-refractivity contribution < 1.29 is 9.59 Å². The minimum absolute atomic E-state index is 0.0251. The quantitative estimate of drug-likeness (QED) is 0.883. The van der Waals surface area contributed by atoms with Gasteiger partial charge in [0.25, 0.3) is 0 Å². The van der Waals surface area contributed by atoms with Crippen LogP contribution < -0.4 is 5.32 Å². The second-order valence-corrected chi connectivity index (χ2v) is 7.49. The molecule has 0 aliphatic carbocycles. The van der Waals surface area contributed by atoms with E-state index in [2.05, 4.69) is 5.32 Å². The summed E-state index contributed by atoms with van der Waals surface area (Å²) in [6.45, 7) is 1.14. The average molecular weight is 359 g/mol. The number of halogens is 2. The molecule has 7 heteroatoms. The molecule has 2 aliphatic rings. The van der Waals surface area contributed by atoms with Crippen molar-refractivity contribution in [3.05, 3.63) is 33.8 Å². The molecule has 2 aliphatic heterocycles. The third kappa shape index (κ3) is 3.21. The summed E-state index contributed by atoms with van der Waals surface area (Å²) in [4.78, 5) is 25.9. The lowest BCUT2D eigenvalue weighted by Gasteiger charge is -2.30. The Morgan fingerprint density at radius 3 is 2.86 bits per heavy atom. The van der Waals surface area contributed by atoms with Crippen LogP contribution in [0.3, 0.4) is 0 Å². The molecule has 2 saturated heterocycles. The van der Waals surface area contributed by atoms with Gasteiger partial charge in [0, 0.05) is 40.9 Å². The Morgan fingerprint density at radius 1 is 1.36 bits per heavy atom. The van der Waals surface area contributed by atoms with Crippen LogP contribution in [0.25, 0.3) is 0 Å². The van der Waals surface area contributed by atoms with Crippen molar-refractivity contribution in [2.24, 2.45) is 5.92 Å². The highest BCUT2D eigenvalue weighted by Crippen LogP contribution is 2.42. The van der Waals surface area contributed by atoms with Gasteiger partial charge in [-0.1, -0.05) is 29.3 Å². The summed E-state index contributed by atoms with van der Waals surface area (Å²) < 4.78 is 0. The van der Waals surface area contributed by atoms with Gasteiger partial charge in [0.1, 0.15) is 5.37 Å². The first-order chi connectivity index (χ1) is 10.6. The van der Waals surface area contributed by atoms with Crippen LogP contribution in [0, 0.1) is 5.92 Å². The van der Waals surface area contributed by atoms with Gasteiger partial charge >= 0.3 is 0 Å². The van der Waals surface area contributed by atoms with Gasteiger partial charge in [0.05, 0.1) is 5.92 Å². The highest BCUT2D eigenvalue weighted by atomic mass is 35.5. The molecule has 0 aromatic heterocycles. The number of hydrogen-bond acceptors (Lipinski definition) is 3. The van der Waals surface area contributed by atoms with Crippen LogP contribution in [0.2, 0.25) is 10.0 Å². The average Bonchev–Trinajstić information content (AvgIpc) is 2.96. The Bertz CT molecular complexity index is 601. The van der Waals surface area contributed by atoms with E-state index in [1.165, 1.54) is 0 Å². The fraction of sp³-hybridized carbons (Fsp3) is 0.467. The predicted octanol–water partition coefficient (Wildman–Crippen LogP) is 3.09. The summed E-state index contributed by atoms with van der Waals surface area (Å²) in [7, 11) is 0. The number of amides is 2.